The third-order valence-corrected chi connectivity index (χ3v) is 4.72. The van der Waals surface area contributed by atoms with Gasteiger partial charge in [0.1, 0.15) is 0 Å². The molecule has 0 radical (unpaired) electrons. The van der Waals surface area contributed by atoms with Gasteiger partial charge in [-0.25, -0.2) is 0 Å². The molecule has 21 heavy (non-hydrogen) atoms. The molecule has 0 aliphatic carbocycles. The lowest BCUT2D eigenvalue weighted by atomic mass is 10.0. The second-order valence-corrected chi connectivity index (χ2v) is 6.92. The molecule has 1 unspecified atom stereocenters. The zero-order chi connectivity index (χ0) is 15.4. The monoisotopic (exact) mass is 433 g/mol. The van der Waals surface area contributed by atoms with Crippen LogP contribution in [0.3, 0.4) is 0 Å². The second kappa shape index (κ2) is 7.77. The molecule has 0 aliphatic heterocycles. The Labute approximate surface area is 147 Å². The molecular weight excluding hydrogens is 417 g/mol. The van der Waals surface area contributed by atoms with Crippen molar-refractivity contribution in [1.82, 2.24) is 15.1 Å². The summed E-state index contributed by atoms with van der Waals surface area (Å²) in [4.78, 5) is 0. The van der Waals surface area contributed by atoms with E-state index in [1.807, 2.05) is 23.0 Å². The van der Waals surface area contributed by atoms with Crippen LogP contribution in [0.1, 0.15) is 37.6 Å². The van der Waals surface area contributed by atoms with E-state index in [9.17, 15) is 0 Å². The van der Waals surface area contributed by atoms with Crippen molar-refractivity contribution in [2.45, 2.75) is 32.9 Å². The van der Waals surface area contributed by atoms with Gasteiger partial charge in [0, 0.05) is 16.0 Å². The lowest BCUT2D eigenvalue weighted by molar-refractivity contribution is 0.528. The fourth-order valence-corrected chi connectivity index (χ4v) is 3.42. The molecule has 1 heterocycles. The number of aryl methyl sites for hydroxylation is 1. The van der Waals surface area contributed by atoms with Gasteiger partial charge in [0.2, 0.25) is 0 Å². The Balaban J connectivity index is 2.52. The highest BCUT2D eigenvalue weighted by molar-refractivity contribution is 9.10. The van der Waals surface area contributed by atoms with Crippen LogP contribution in [-0.2, 0) is 6.54 Å². The van der Waals surface area contributed by atoms with E-state index in [-0.39, 0.29) is 6.04 Å². The molecule has 0 aliphatic rings. The van der Waals surface area contributed by atoms with Crippen molar-refractivity contribution in [3.63, 3.8) is 0 Å². The number of aromatic nitrogens is 2. The first-order valence-electron chi connectivity index (χ1n) is 6.98. The Morgan fingerprint density at radius 3 is 2.76 bits per heavy atom. The van der Waals surface area contributed by atoms with Crippen molar-refractivity contribution in [2.24, 2.45) is 0 Å². The summed E-state index contributed by atoms with van der Waals surface area (Å²) in [5.41, 5.74) is 2.15. The number of hydrogen-bond acceptors (Lipinski definition) is 2. The van der Waals surface area contributed by atoms with Crippen molar-refractivity contribution < 1.29 is 0 Å². The Morgan fingerprint density at radius 1 is 1.33 bits per heavy atom. The maximum absolute atomic E-state index is 6.43. The lowest BCUT2D eigenvalue weighted by Gasteiger charge is -2.22. The molecule has 0 amide bonds. The van der Waals surface area contributed by atoms with Crippen molar-refractivity contribution in [3.8, 4) is 0 Å². The van der Waals surface area contributed by atoms with Gasteiger partial charge in [-0.1, -0.05) is 34.5 Å². The molecule has 3 nitrogen and oxygen atoms in total. The number of nitrogens with one attached hydrogen (secondary N) is 1. The fourth-order valence-electron chi connectivity index (χ4n) is 2.29. The first kappa shape index (κ1) is 17.0. The van der Waals surface area contributed by atoms with Crippen LogP contribution < -0.4 is 5.32 Å². The summed E-state index contributed by atoms with van der Waals surface area (Å²) in [7, 11) is 0. The van der Waals surface area contributed by atoms with Crippen LogP contribution in [-0.4, -0.2) is 16.3 Å². The summed E-state index contributed by atoms with van der Waals surface area (Å²) >= 11 is 13.6. The van der Waals surface area contributed by atoms with Crippen LogP contribution >= 0.6 is 43.5 Å². The van der Waals surface area contributed by atoms with E-state index in [0.29, 0.717) is 0 Å². The summed E-state index contributed by atoms with van der Waals surface area (Å²) in [6, 6.07) is 5.94. The summed E-state index contributed by atoms with van der Waals surface area (Å²) in [6.07, 6.45) is 2.89. The maximum Gasteiger partial charge on any atom is 0.0774 e. The normalized spacial score (nSPS) is 12.6. The van der Waals surface area contributed by atoms with E-state index in [0.717, 1.165) is 44.7 Å². The largest absolute Gasteiger partial charge is 0.305 e. The van der Waals surface area contributed by atoms with Crippen LogP contribution in [0.25, 0.3) is 0 Å². The van der Waals surface area contributed by atoms with Crippen molar-refractivity contribution in [2.75, 3.05) is 6.54 Å². The SMILES string of the molecule is CCCNC(c1cc(Br)ccc1Cl)c1c(Br)cnn1CC. The van der Waals surface area contributed by atoms with E-state index in [2.05, 4.69) is 62.2 Å². The molecule has 0 fully saturated rings. The first-order valence-corrected chi connectivity index (χ1v) is 8.94. The van der Waals surface area contributed by atoms with Crippen LogP contribution in [0.4, 0.5) is 0 Å². The molecule has 114 valence electrons. The maximum atomic E-state index is 6.43. The number of halogens is 3. The number of hydrogen-bond donors (Lipinski definition) is 1. The zero-order valence-corrected chi connectivity index (χ0v) is 16.0. The molecule has 1 atom stereocenters. The Morgan fingerprint density at radius 2 is 2.10 bits per heavy atom. The van der Waals surface area contributed by atoms with Crippen molar-refractivity contribution in [3.05, 3.63) is 49.6 Å². The van der Waals surface area contributed by atoms with Gasteiger partial charge in [-0.2, -0.15) is 5.10 Å². The number of rotatable bonds is 6. The van der Waals surface area contributed by atoms with Gasteiger partial charge in [0.15, 0.2) is 0 Å². The van der Waals surface area contributed by atoms with E-state index >= 15 is 0 Å². The zero-order valence-electron chi connectivity index (χ0n) is 12.0. The van der Waals surface area contributed by atoms with E-state index in [1.165, 1.54) is 0 Å². The van der Waals surface area contributed by atoms with Crippen LogP contribution in [0.15, 0.2) is 33.3 Å². The Bertz CT molecular complexity index is 613. The van der Waals surface area contributed by atoms with Crippen LogP contribution in [0.2, 0.25) is 5.02 Å². The van der Waals surface area contributed by atoms with E-state index in [4.69, 9.17) is 11.6 Å². The number of nitrogens with zero attached hydrogens (tertiary/aromatic N) is 2. The highest BCUT2D eigenvalue weighted by Crippen LogP contribution is 2.34. The van der Waals surface area contributed by atoms with Gasteiger partial charge in [0.05, 0.1) is 22.4 Å². The predicted molar refractivity (Wildman–Crippen MR) is 94.9 cm³/mol. The molecule has 0 spiro atoms. The van der Waals surface area contributed by atoms with Crippen molar-refractivity contribution >= 4 is 43.5 Å². The second-order valence-electron chi connectivity index (χ2n) is 4.75. The third-order valence-electron chi connectivity index (χ3n) is 3.27. The average molecular weight is 436 g/mol. The molecule has 0 saturated heterocycles. The standard InChI is InChI=1S/C15H18Br2ClN3/c1-3-7-19-14(11-8-10(16)5-6-13(11)18)15-12(17)9-20-21(15)4-2/h5-6,8-9,14,19H,3-4,7H2,1-2H3. The van der Waals surface area contributed by atoms with E-state index in [1.54, 1.807) is 0 Å². The molecule has 0 bridgehead atoms. The summed E-state index contributed by atoms with van der Waals surface area (Å²) in [5.74, 6) is 0. The molecule has 1 N–H and O–H groups in total. The van der Waals surface area contributed by atoms with Gasteiger partial charge < -0.3 is 5.32 Å². The van der Waals surface area contributed by atoms with Gasteiger partial charge in [0.25, 0.3) is 0 Å². The highest BCUT2D eigenvalue weighted by Gasteiger charge is 2.23. The summed E-state index contributed by atoms with van der Waals surface area (Å²) < 4.78 is 4.01. The molecular formula is C15H18Br2ClN3. The Kier molecular flexibility index (Phi) is 6.29. The molecule has 0 saturated carbocycles. The van der Waals surface area contributed by atoms with Crippen molar-refractivity contribution in [1.29, 1.82) is 0 Å². The van der Waals surface area contributed by atoms with Gasteiger partial charge in [-0.15, -0.1) is 0 Å². The van der Waals surface area contributed by atoms with E-state index < -0.39 is 0 Å². The molecule has 2 rings (SSSR count). The molecule has 1 aromatic heterocycles. The predicted octanol–water partition coefficient (Wildman–Crippen LogP) is 5.17. The minimum absolute atomic E-state index is 0.00627. The van der Waals surface area contributed by atoms with Crippen LogP contribution in [0, 0.1) is 0 Å². The average Bonchev–Trinajstić information content (AvgIpc) is 2.84. The molecule has 2 aromatic rings. The minimum atomic E-state index is 0.00627. The fraction of sp³-hybridized carbons (Fsp3) is 0.400. The molecule has 1 aromatic carbocycles. The quantitative estimate of drug-likeness (QED) is 0.678. The van der Waals surface area contributed by atoms with Gasteiger partial charge in [-0.05, 0) is 59.6 Å². The summed E-state index contributed by atoms with van der Waals surface area (Å²) in [6.45, 7) is 5.97. The first-order chi connectivity index (χ1) is 10.1. The molecule has 6 heteroatoms. The van der Waals surface area contributed by atoms with Gasteiger partial charge in [-0.3, -0.25) is 4.68 Å². The highest BCUT2D eigenvalue weighted by atomic mass is 79.9. The third kappa shape index (κ3) is 3.89. The lowest BCUT2D eigenvalue weighted by Crippen LogP contribution is -2.26. The van der Waals surface area contributed by atoms with Gasteiger partial charge >= 0.3 is 0 Å². The topological polar surface area (TPSA) is 29.9 Å². The smallest absolute Gasteiger partial charge is 0.0774 e. The van der Waals surface area contributed by atoms with Crippen LogP contribution in [0.5, 0.6) is 0 Å². The summed E-state index contributed by atoms with van der Waals surface area (Å²) in [5, 5.41) is 8.74. The minimum Gasteiger partial charge on any atom is -0.305 e. The number of benzene rings is 1. The Hall–Kier alpha value is -0.360.